The number of thioether (sulfide) groups is 2. The van der Waals surface area contributed by atoms with Crippen LogP contribution >= 0.6 is 23.5 Å². The second-order valence-electron chi connectivity index (χ2n) is 5.30. The lowest BCUT2D eigenvalue weighted by molar-refractivity contribution is -0.137. The lowest BCUT2D eigenvalue weighted by atomic mass is 10.1. The van der Waals surface area contributed by atoms with Crippen molar-refractivity contribution in [3.8, 4) is 0 Å². The molecule has 0 fully saturated rings. The molecule has 128 valence electrons. The number of fused-ring (bicyclic) bond motifs is 1. The van der Waals surface area contributed by atoms with Crippen LogP contribution in [0.4, 0.5) is 13.2 Å². The van der Waals surface area contributed by atoms with Crippen molar-refractivity contribution in [3.63, 3.8) is 0 Å². The highest BCUT2D eigenvalue weighted by atomic mass is 32.2. The van der Waals surface area contributed by atoms with Crippen LogP contribution in [0.1, 0.15) is 23.7 Å². The van der Waals surface area contributed by atoms with E-state index in [1.54, 1.807) is 10.6 Å². The number of benzene rings is 1. The number of hydrogen-bond donors (Lipinski definition) is 0. The van der Waals surface area contributed by atoms with Gasteiger partial charge < -0.3 is 0 Å². The maximum Gasteiger partial charge on any atom is 0.416 e. The smallest absolute Gasteiger partial charge is 0.287 e. The van der Waals surface area contributed by atoms with E-state index in [1.165, 1.54) is 29.6 Å². The van der Waals surface area contributed by atoms with Crippen molar-refractivity contribution in [1.29, 1.82) is 0 Å². The summed E-state index contributed by atoms with van der Waals surface area (Å²) in [6, 6.07) is 5.25. The van der Waals surface area contributed by atoms with Crippen molar-refractivity contribution in [3.05, 3.63) is 51.4 Å². The third kappa shape index (κ3) is 3.49. The molecule has 0 atom stereocenters. The van der Waals surface area contributed by atoms with Gasteiger partial charge in [0.1, 0.15) is 0 Å². The largest absolute Gasteiger partial charge is 0.416 e. The lowest BCUT2D eigenvalue weighted by Gasteiger charge is -2.12. The second-order valence-corrected chi connectivity index (χ2v) is 7.35. The summed E-state index contributed by atoms with van der Waals surface area (Å²) in [6.07, 6.45) is -3.59. The van der Waals surface area contributed by atoms with Gasteiger partial charge in [-0.15, -0.1) is 11.8 Å². The van der Waals surface area contributed by atoms with Crippen LogP contribution in [-0.4, -0.2) is 15.3 Å². The van der Waals surface area contributed by atoms with Gasteiger partial charge in [-0.2, -0.15) is 13.2 Å². The molecule has 2 heterocycles. The number of halogens is 3. The van der Waals surface area contributed by atoms with Crippen LogP contribution in [0.5, 0.6) is 0 Å². The third-order valence-corrected chi connectivity index (χ3v) is 5.84. The normalized spacial score (nSPS) is 14.0. The van der Waals surface area contributed by atoms with Gasteiger partial charge in [0.05, 0.1) is 16.2 Å². The summed E-state index contributed by atoms with van der Waals surface area (Å²) in [5.74, 6) is 1.19. The Kier molecular flexibility index (Phi) is 4.96. The molecular formula is C16H15F3N2OS2. The van der Waals surface area contributed by atoms with Crippen molar-refractivity contribution >= 4 is 23.5 Å². The molecule has 8 heteroatoms. The van der Waals surface area contributed by atoms with Crippen LogP contribution in [0.3, 0.4) is 0 Å². The summed E-state index contributed by atoms with van der Waals surface area (Å²) in [5, 5.41) is 0.571. The first-order valence-corrected chi connectivity index (χ1v) is 9.42. The minimum atomic E-state index is -4.35. The highest BCUT2D eigenvalue weighted by molar-refractivity contribution is 7.99. The molecule has 0 amide bonds. The van der Waals surface area contributed by atoms with Crippen LogP contribution in [0.25, 0.3) is 0 Å². The molecule has 0 radical (unpaired) electrons. The molecule has 0 saturated heterocycles. The Bertz CT molecular complexity index is 818. The quantitative estimate of drug-likeness (QED) is 0.595. The Balaban J connectivity index is 1.85. The number of rotatable bonds is 4. The summed E-state index contributed by atoms with van der Waals surface area (Å²) >= 11 is 2.82. The van der Waals surface area contributed by atoms with Gasteiger partial charge in [-0.1, -0.05) is 30.0 Å². The predicted molar refractivity (Wildman–Crippen MR) is 89.6 cm³/mol. The minimum absolute atomic E-state index is 0.0449. The van der Waals surface area contributed by atoms with E-state index in [0.717, 1.165) is 30.0 Å². The van der Waals surface area contributed by atoms with E-state index in [4.69, 9.17) is 0 Å². The maximum absolute atomic E-state index is 12.8. The number of alkyl halides is 3. The third-order valence-electron chi connectivity index (χ3n) is 3.69. The van der Waals surface area contributed by atoms with E-state index in [9.17, 15) is 18.0 Å². The van der Waals surface area contributed by atoms with Crippen molar-refractivity contribution in [2.75, 3.05) is 5.75 Å². The fraction of sp³-hybridized carbons (Fsp3) is 0.375. The summed E-state index contributed by atoms with van der Waals surface area (Å²) in [4.78, 5) is 17.7. The van der Waals surface area contributed by atoms with Gasteiger partial charge in [0, 0.05) is 24.5 Å². The molecule has 3 nitrogen and oxygen atoms in total. The first kappa shape index (κ1) is 17.4. The molecule has 3 rings (SSSR count). The predicted octanol–water partition coefficient (Wildman–Crippen LogP) is 4.22. The first-order valence-electron chi connectivity index (χ1n) is 7.45. The van der Waals surface area contributed by atoms with E-state index >= 15 is 0 Å². The zero-order chi connectivity index (χ0) is 17.3. The number of nitrogens with zero attached hydrogens (tertiary/aromatic N) is 2. The average molecular weight is 372 g/mol. The Morgan fingerprint density at radius 1 is 1.38 bits per heavy atom. The van der Waals surface area contributed by atoms with E-state index in [2.05, 4.69) is 4.98 Å². The minimum Gasteiger partial charge on any atom is -0.287 e. The topological polar surface area (TPSA) is 34.9 Å². The van der Waals surface area contributed by atoms with E-state index in [1.807, 2.05) is 6.92 Å². The summed E-state index contributed by atoms with van der Waals surface area (Å²) in [7, 11) is 0. The molecule has 0 saturated carbocycles. The monoisotopic (exact) mass is 372 g/mol. The molecule has 2 aromatic rings. The van der Waals surface area contributed by atoms with Crippen molar-refractivity contribution < 1.29 is 13.2 Å². The number of hydrogen-bond acceptors (Lipinski definition) is 4. The van der Waals surface area contributed by atoms with Crippen LogP contribution < -0.4 is 5.56 Å². The summed E-state index contributed by atoms with van der Waals surface area (Å²) < 4.78 is 40.0. The van der Waals surface area contributed by atoms with Crippen LogP contribution in [0.2, 0.25) is 0 Å². The van der Waals surface area contributed by atoms with E-state index < -0.39 is 11.7 Å². The fourth-order valence-electron chi connectivity index (χ4n) is 2.50. The molecule has 0 aliphatic carbocycles. The standard InChI is InChI=1S/C16H15F3N2OS2/c1-2-21-14(22)13-12(6-7-23-13)20-15(21)24-9-10-4-3-5-11(8-10)16(17,18)19/h3-5,8H,2,6-7,9H2,1H3. The van der Waals surface area contributed by atoms with Gasteiger partial charge in [-0.25, -0.2) is 4.98 Å². The zero-order valence-electron chi connectivity index (χ0n) is 12.9. The van der Waals surface area contributed by atoms with Crippen LogP contribution in [0, 0.1) is 0 Å². The molecule has 0 bridgehead atoms. The van der Waals surface area contributed by atoms with Gasteiger partial charge in [0.25, 0.3) is 5.56 Å². The number of aromatic nitrogens is 2. The highest BCUT2D eigenvalue weighted by Gasteiger charge is 2.30. The zero-order valence-corrected chi connectivity index (χ0v) is 14.5. The molecule has 1 aromatic heterocycles. The van der Waals surface area contributed by atoms with Gasteiger partial charge in [0.15, 0.2) is 5.16 Å². The Labute approximate surface area is 145 Å². The van der Waals surface area contributed by atoms with Gasteiger partial charge in [0.2, 0.25) is 0 Å². The molecule has 1 aromatic carbocycles. The Hall–Kier alpha value is -1.41. The molecule has 1 aliphatic heterocycles. The molecule has 0 unspecified atom stereocenters. The molecule has 1 aliphatic rings. The molecule has 0 spiro atoms. The van der Waals surface area contributed by atoms with E-state index in [-0.39, 0.29) is 5.56 Å². The summed E-state index contributed by atoms with van der Waals surface area (Å²) in [6.45, 7) is 2.36. The Morgan fingerprint density at radius 3 is 2.88 bits per heavy atom. The first-order chi connectivity index (χ1) is 11.4. The SMILES string of the molecule is CCn1c(SCc2cccc(C(F)(F)F)c2)nc2c(c1=O)SCC2. The molecule has 0 N–H and O–H groups in total. The molecular weight excluding hydrogens is 357 g/mol. The molecule has 24 heavy (non-hydrogen) atoms. The van der Waals surface area contributed by atoms with E-state index in [0.29, 0.717) is 27.9 Å². The van der Waals surface area contributed by atoms with Crippen molar-refractivity contribution in [2.24, 2.45) is 0 Å². The van der Waals surface area contributed by atoms with Crippen LogP contribution in [-0.2, 0) is 24.9 Å². The average Bonchev–Trinajstić information content (AvgIpc) is 3.01. The van der Waals surface area contributed by atoms with Gasteiger partial charge in [-0.05, 0) is 18.6 Å². The number of aryl methyl sites for hydroxylation is 1. The van der Waals surface area contributed by atoms with Gasteiger partial charge >= 0.3 is 6.18 Å². The summed E-state index contributed by atoms with van der Waals surface area (Å²) in [5.41, 5.74) is 0.658. The Morgan fingerprint density at radius 2 is 2.17 bits per heavy atom. The second kappa shape index (κ2) is 6.84. The van der Waals surface area contributed by atoms with Gasteiger partial charge in [-0.3, -0.25) is 9.36 Å². The van der Waals surface area contributed by atoms with Crippen molar-refractivity contribution in [1.82, 2.24) is 9.55 Å². The van der Waals surface area contributed by atoms with Crippen molar-refractivity contribution in [2.45, 2.75) is 41.9 Å². The van der Waals surface area contributed by atoms with Crippen LogP contribution in [0.15, 0.2) is 39.1 Å². The highest BCUT2D eigenvalue weighted by Crippen LogP contribution is 2.32. The fourth-order valence-corrected chi connectivity index (χ4v) is 4.56. The maximum atomic E-state index is 12.8. The lowest BCUT2D eigenvalue weighted by Crippen LogP contribution is -2.24.